The van der Waals surface area contributed by atoms with Crippen LogP contribution in [0.25, 0.3) is 0 Å². The van der Waals surface area contributed by atoms with E-state index in [-0.39, 0.29) is 5.82 Å². The van der Waals surface area contributed by atoms with Crippen LogP contribution >= 0.6 is 0 Å². The fourth-order valence-corrected chi connectivity index (χ4v) is 1.91. The Kier molecular flexibility index (Phi) is 5.56. The molecule has 2 rings (SSSR count). The second kappa shape index (κ2) is 7.65. The monoisotopic (exact) mass is 273 g/mol. The molecule has 2 aromatic rings. The molecule has 0 unspecified atom stereocenters. The molecular formula is C17H20FNO. The minimum atomic E-state index is -0.164. The van der Waals surface area contributed by atoms with Gasteiger partial charge in [-0.3, -0.25) is 0 Å². The molecule has 2 aromatic carbocycles. The van der Waals surface area contributed by atoms with Crippen molar-refractivity contribution < 1.29 is 9.13 Å². The van der Waals surface area contributed by atoms with Gasteiger partial charge in [0.2, 0.25) is 0 Å². The van der Waals surface area contributed by atoms with Gasteiger partial charge in [0.15, 0.2) is 0 Å². The van der Waals surface area contributed by atoms with E-state index >= 15 is 0 Å². The zero-order chi connectivity index (χ0) is 14.2. The molecule has 0 aliphatic rings. The number of rotatable bonds is 7. The minimum Gasteiger partial charge on any atom is -0.494 e. The summed E-state index contributed by atoms with van der Waals surface area (Å²) in [6.07, 6.45) is 1.01. The van der Waals surface area contributed by atoms with Crippen LogP contribution in [0.3, 0.4) is 0 Å². The fraction of sp³-hybridized carbons (Fsp3) is 0.294. The highest BCUT2D eigenvalue weighted by Crippen LogP contribution is 2.12. The molecule has 0 fully saturated rings. The van der Waals surface area contributed by atoms with Gasteiger partial charge in [-0.05, 0) is 30.2 Å². The van der Waals surface area contributed by atoms with Gasteiger partial charge in [-0.15, -0.1) is 0 Å². The first-order valence-corrected chi connectivity index (χ1v) is 6.95. The summed E-state index contributed by atoms with van der Waals surface area (Å²) in [4.78, 5) is 0. The Bertz CT molecular complexity index is 525. The highest BCUT2D eigenvalue weighted by atomic mass is 19.1. The van der Waals surface area contributed by atoms with Crippen molar-refractivity contribution in [2.75, 3.05) is 6.61 Å². The molecule has 3 heteroatoms. The highest BCUT2D eigenvalue weighted by molar-refractivity contribution is 5.27. The lowest BCUT2D eigenvalue weighted by atomic mass is 10.2. The van der Waals surface area contributed by atoms with Crippen LogP contribution in [0.5, 0.6) is 5.75 Å². The standard InChI is InChI=1S/C17H20FNO/c1-2-11-20-16-9-7-14(8-10-16)12-19-13-15-5-3-4-6-17(15)18/h3-10,19H,2,11-13H2,1H3. The molecule has 0 aliphatic heterocycles. The van der Waals surface area contributed by atoms with Crippen LogP contribution in [0, 0.1) is 5.82 Å². The third kappa shape index (κ3) is 4.35. The van der Waals surface area contributed by atoms with Gasteiger partial charge >= 0.3 is 0 Å². The largest absolute Gasteiger partial charge is 0.494 e. The lowest BCUT2D eigenvalue weighted by Gasteiger charge is -2.08. The lowest BCUT2D eigenvalue weighted by Crippen LogP contribution is -2.13. The predicted molar refractivity (Wildman–Crippen MR) is 79.2 cm³/mol. The van der Waals surface area contributed by atoms with Gasteiger partial charge in [0.1, 0.15) is 11.6 Å². The topological polar surface area (TPSA) is 21.3 Å². The summed E-state index contributed by atoms with van der Waals surface area (Å²) in [6, 6.07) is 14.8. The summed E-state index contributed by atoms with van der Waals surface area (Å²) in [5.74, 6) is 0.730. The highest BCUT2D eigenvalue weighted by Gasteiger charge is 2.00. The molecule has 106 valence electrons. The predicted octanol–water partition coefficient (Wildman–Crippen LogP) is 3.90. The first kappa shape index (κ1) is 14.5. The average molecular weight is 273 g/mol. The molecule has 0 saturated heterocycles. The third-order valence-corrected chi connectivity index (χ3v) is 3.00. The minimum absolute atomic E-state index is 0.164. The van der Waals surface area contributed by atoms with Gasteiger partial charge in [0.05, 0.1) is 6.61 Å². The van der Waals surface area contributed by atoms with Gasteiger partial charge in [-0.1, -0.05) is 37.3 Å². The van der Waals surface area contributed by atoms with Gasteiger partial charge in [-0.2, -0.15) is 0 Å². The Hall–Kier alpha value is -1.87. The van der Waals surface area contributed by atoms with E-state index in [1.54, 1.807) is 12.1 Å². The molecule has 0 radical (unpaired) electrons. The number of nitrogens with one attached hydrogen (secondary N) is 1. The Morgan fingerprint density at radius 3 is 2.45 bits per heavy atom. The van der Waals surface area contributed by atoms with Gasteiger partial charge < -0.3 is 10.1 Å². The van der Waals surface area contributed by atoms with Crippen molar-refractivity contribution in [3.05, 3.63) is 65.5 Å². The number of hydrogen-bond acceptors (Lipinski definition) is 2. The maximum Gasteiger partial charge on any atom is 0.127 e. The van der Waals surface area contributed by atoms with E-state index < -0.39 is 0 Å². The molecule has 0 aliphatic carbocycles. The molecule has 2 nitrogen and oxygen atoms in total. The molecule has 0 heterocycles. The fourth-order valence-electron chi connectivity index (χ4n) is 1.91. The molecule has 0 amide bonds. The van der Waals surface area contributed by atoms with Crippen LogP contribution in [0.15, 0.2) is 48.5 Å². The summed E-state index contributed by atoms with van der Waals surface area (Å²) < 4.78 is 19.0. The average Bonchev–Trinajstić information content (AvgIpc) is 2.48. The number of hydrogen-bond donors (Lipinski definition) is 1. The van der Waals surface area contributed by atoms with E-state index in [0.29, 0.717) is 18.7 Å². The summed E-state index contributed by atoms with van der Waals surface area (Å²) >= 11 is 0. The quantitative estimate of drug-likeness (QED) is 0.826. The summed E-state index contributed by atoms with van der Waals surface area (Å²) in [6.45, 7) is 4.06. The summed E-state index contributed by atoms with van der Waals surface area (Å²) in [5, 5.41) is 3.24. The Labute approximate surface area is 119 Å². The number of halogens is 1. The maximum absolute atomic E-state index is 13.4. The van der Waals surface area contributed by atoms with Crippen LogP contribution in [0.1, 0.15) is 24.5 Å². The SMILES string of the molecule is CCCOc1ccc(CNCc2ccccc2F)cc1. The van der Waals surface area contributed by atoms with Crippen molar-refractivity contribution in [3.63, 3.8) is 0 Å². The molecule has 0 atom stereocenters. The smallest absolute Gasteiger partial charge is 0.127 e. The van der Waals surface area contributed by atoms with E-state index in [4.69, 9.17) is 4.74 Å². The van der Waals surface area contributed by atoms with E-state index in [2.05, 4.69) is 12.2 Å². The normalized spacial score (nSPS) is 10.5. The van der Waals surface area contributed by atoms with Crippen molar-refractivity contribution in [1.29, 1.82) is 0 Å². The van der Waals surface area contributed by atoms with Crippen LogP contribution in [0.4, 0.5) is 4.39 Å². The molecular weight excluding hydrogens is 253 g/mol. The van der Waals surface area contributed by atoms with Crippen molar-refractivity contribution in [2.24, 2.45) is 0 Å². The molecule has 1 N–H and O–H groups in total. The van der Waals surface area contributed by atoms with Gasteiger partial charge in [0, 0.05) is 18.7 Å². The van der Waals surface area contributed by atoms with E-state index in [0.717, 1.165) is 24.3 Å². The third-order valence-electron chi connectivity index (χ3n) is 3.00. The van der Waals surface area contributed by atoms with Gasteiger partial charge in [0.25, 0.3) is 0 Å². The Morgan fingerprint density at radius 2 is 1.75 bits per heavy atom. The van der Waals surface area contributed by atoms with E-state index in [9.17, 15) is 4.39 Å². The molecule has 0 aromatic heterocycles. The van der Waals surface area contributed by atoms with Crippen LogP contribution in [0.2, 0.25) is 0 Å². The second-order valence-electron chi connectivity index (χ2n) is 4.69. The molecule has 20 heavy (non-hydrogen) atoms. The lowest BCUT2D eigenvalue weighted by molar-refractivity contribution is 0.317. The maximum atomic E-state index is 13.4. The zero-order valence-corrected chi connectivity index (χ0v) is 11.7. The number of ether oxygens (including phenoxy) is 1. The van der Waals surface area contributed by atoms with Crippen molar-refractivity contribution in [2.45, 2.75) is 26.4 Å². The van der Waals surface area contributed by atoms with E-state index in [1.807, 2.05) is 30.3 Å². The van der Waals surface area contributed by atoms with Crippen molar-refractivity contribution in [1.82, 2.24) is 5.32 Å². The van der Waals surface area contributed by atoms with E-state index in [1.165, 1.54) is 6.07 Å². The Morgan fingerprint density at radius 1 is 1.00 bits per heavy atom. The van der Waals surface area contributed by atoms with Crippen LogP contribution < -0.4 is 10.1 Å². The molecule has 0 spiro atoms. The Balaban J connectivity index is 1.81. The second-order valence-corrected chi connectivity index (χ2v) is 4.69. The van der Waals surface area contributed by atoms with Crippen LogP contribution in [-0.4, -0.2) is 6.61 Å². The van der Waals surface area contributed by atoms with Crippen molar-refractivity contribution >= 4 is 0 Å². The zero-order valence-electron chi connectivity index (χ0n) is 11.7. The molecule has 0 saturated carbocycles. The summed E-state index contributed by atoms with van der Waals surface area (Å²) in [7, 11) is 0. The first-order chi connectivity index (χ1) is 9.79. The number of benzene rings is 2. The first-order valence-electron chi connectivity index (χ1n) is 6.95. The summed E-state index contributed by atoms with van der Waals surface area (Å²) in [5.41, 5.74) is 1.85. The van der Waals surface area contributed by atoms with Crippen LogP contribution in [-0.2, 0) is 13.1 Å². The van der Waals surface area contributed by atoms with Crippen molar-refractivity contribution in [3.8, 4) is 5.75 Å². The molecule has 0 bridgehead atoms. The van der Waals surface area contributed by atoms with Gasteiger partial charge in [-0.25, -0.2) is 4.39 Å².